The first kappa shape index (κ1) is 11.6. The van der Waals surface area contributed by atoms with Gasteiger partial charge in [0.2, 0.25) is 0 Å². The van der Waals surface area contributed by atoms with Crippen molar-refractivity contribution < 1.29 is 9.84 Å². The normalized spacial score (nSPS) is 20.2. The maximum Gasteiger partial charge on any atom is 0.0681 e. The van der Waals surface area contributed by atoms with Crippen molar-refractivity contribution in [1.29, 1.82) is 0 Å². The van der Waals surface area contributed by atoms with Crippen LogP contribution in [0.4, 0.5) is 0 Å². The topological polar surface area (TPSA) is 41.5 Å². The number of aliphatic hydroxyl groups is 1. The molecule has 2 N–H and O–H groups in total. The van der Waals surface area contributed by atoms with E-state index in [1.807, 2.05) is 12.1 Å². The molecule has 0 radical (unpaired) electrons. The molecule has 0 spiro atoms. The fourth-order valence-electron chi connectivity index (χ4n) is 1.93. The van der Waals surface area contributed by atoms with Crippen LogP contribution in [0.5, 0.6) is 0 Å². The van der Waals surface area contributed by atoms with Crippen LogP contribution >= 0.6 is 0 Å². The maximum atomic E-state index is 8.92. The van der Waals surface area contributed by atoms with Gasteiger partial charge in [-0.05, 0) is 23.5 Å². The smallest absolute Gasteiger partial charge is 0.0681 e. The molecule has 1 atom stereocenters. The SMILES string of the molecule is OCc1ccc(CNCC2CCOC2)cc1. The summed E-state index contributed by atoms with van der Waals surface area (Å²) in [7, 11) is 0. The van der Waals surface area contributed by atoms with Gasteiger partial charge in [-0.1, -0.05) is 24.3 Å². The van der Waals surface area contributed by atoms with Crippen LogP contribution in [0.25, 0.3) is 0 Å². The predicted octanol–water partition coefficient (Wildman–Crippen LogP) is 1.30. The highest BCUT2D eigenvalue weighted by Gasteiger charge is 2.14. The Balaban J connectivity index is 1.71. The molecule has 16 heavy (non-hydrogen) atoms. The highest BCUT2D eigenvalue weighted by molar-refractivity contribution is 5.21. The van der Waals surface area contributed by atoms with E-state index in [0.29, 0.717) is 5.92 Å². The van der Waals surface area contributed by atoms with Crippen LogP contribution in [0.15, 0.2) is 24.3 Å². The Hall–Kier alpha value is -0.900. The molecule has 0 bridgehead atoms. The van der Waals surface area contributed by atoms with Crippen LogP contribution in [0, 0.1) is 5.92 Å². The first-order valence-electron chi connectivity index (χ1n) is 5.85. The van der Waals surface area contributed by atoms with E-state index in [1.165, 1.54) is 12.0 Å². The molecule has 0 aliphatic carbocycles. The molecule has 1 fully saturated rings. The lowest BCUT2D eigenvalue weighted by atomic mass is 10.1. The maximum absolute atomic E-state index is 8.92. The number of aliphatic hydroxyl groups excluding tert-OH is 1. The third kappa shape index (κ3) is 3.30. The third-order valence-corrected chi connectivity index (χ3v) is 2.99. The average molecular weight is 221 g/mol. The minimum Gasteiger partial charge on any atom is -0.392 e. The van der Waals surface area contributed by atoms with Gasteiger partial charge in [-0.2, -0.15) is 0 Å². The second-order valence-corrected chi connectivity index (χ2v) is 4.34. The molecule has 1 aromatic carbocycles. The van der Waals surface area contributed by atoms with Crippen LogP contribution in [0.2, 0.25) is 0 Å². The van der Waals surface area contributed by atoms with E-state index in [1.54, 1.807) is 0 Å². The molecule has 0 saturated carbocycles. The van der Waals surface area contributed by atoms with Gasteiger partial charge in [0, 0.05) is 19.7 Å². The van der Waals surface area contributed by atoms with Gasteiger partial charge >= 0.3 is 0 Å². The van der Waals surface area contributed by atoms with E-state index < -0.39 is 0 Å². The minimum absolute atomic E-state index is 0.118. The van der Waals surface area contributed by atoms with E-state index in [-0.39, 0.29) is 6.61 Å². The Morgan fingerprint density at radius 2 is 2.00 bits per heavy atom. The Labute approximate surface area is 96.4 Å². The molecule has 2 rings (SSSR count). The molecule has 1 heterocycles. The largest absolute Gasteiger partial charge is 0.392 e. The van der Waals surface area contributed by atoms with Crippen LogP contribution in [-0.4, -0.2) is 24.9 Å². The summed E-state index contributed by atoms with van der Waals surface area (Å²) in [6.07, 6.45) is 1.18. The summed E-state index contributed by atoms with van der Waals surface area (Å²) in [5.41, 5.74) is 2.23. The van der Waals surface area contributed by atoms with Gasteiger partial charge in [-0.25, -0.2) is 0 Å². The Kier molecular flexibility index (Phi) is 4.34. The summed E-state index contributed by atoms with van der Waals surface area (Å²) in [6.45, 7) is 3.85. The fraction of sp³-hybridized carbons (Fsp3) is 0.538. The molecule has 3 nitrogen and oxygen atoms in total. The third-order valence-electron chi connectivity index (χ3n) is 2.99. The van der Waals surface area contributed by atoms with Gasteiger partial charge in [0.15, 0.2) is 0 Å². The van der Waals surface area contributed by atoms with Gasteiger partial charge in [0.05, 0.1) is 13.2 Å². The van der Waals surface area contributed by atoms with Gasteiger partial charge in [-0.15, -0.1) is 0 Å². The second kappa shape index (κ2) is 5.99. The highest BCUT2D eigenvalue weighted by Crippen LogP contribution is 2.11. The minimum atomic E-state index is 0.118. The second-order valence-electron chi connectivity index (χ2n) is 4.34. The van der Waals surface area contributed by atoms with Gasteiger partial charge in [0.1, 0.15) is 0 Å². The van der Waals surface area contributed by atoms with Gasteiger partial charge in [0.25, 0.3) is 0 Å². The van der Waals surface area contributed by atoms with E-state index in [0.717, 1.165) is 31.9 Å². The van der Waals surface area contributed by atoms with Crippen molar-refractivity contribution in [3.05, 3.63) is 35.4 Å². The summed E-state index contributed by atoms with van der Waals surface area (Å²) in [5.74, 6) is 0.678. The number of hydrogen-bond acceptors (Lipinski definition) is 3. The molecular weight excluding hydrogens is 202 g/mol. The number of rotatable bonds is 5. The monoisotopic (exact) mass is 221 g/mol. The van der Waals surface area contributed by atoms with Crippen molar-refractivity contribution in [1.82, 2.24) is 5.32 Å². The van der Waals surface area contributed by atoms with Crippen molar-refractivity contribution in [2.75, 3.05) is 19.8 Å². The first-order chi connectivity index (χ1) is 7.88. The van der Waals surface area contributed by atoms with Gasteiger partial charge < -0.3 is 15.2 Å². The molecular formula is C13H19NO2. The fourth-order valence-corrected chi connectivity index (χ4v) is 1.93. The zero-order chi connectivity index (χ0) is 11.2. The van der Waals surface area contributed by atoms with Crippen molar-refractivity contribution >= 4 is 0 Å². The van der Waals surface area contributed by atoms with Crippen molar-refractivity contribution in [2.45, 2.75) is 19.6 Å². The zero-order valence-electron chi connectivity index (χ0n) is 9.48. The van der Waals surface area contributed by atoms with Crippen LogP contribution in [-0.2, 0) is 17.9 Å². The lowest BCUT2D eigenvalue weighted by Crippen LogP contribution is -2.22. The van der Waals surface area contributed by atoms with E-state index in [4.69, 9.17) is 9.84 Å². The molecule has 1 unspecified atom stereocenters. The molecule has 0 amide bonds. The first-order valence-corrected chi connectivity index (χ1v) is 5.85. The molecule has 1 aromatic rings. The molecule has 0 aromatic heterocycles. The molecule has 1 aliphatic rings. The molecule has 1 aliphatic heterocycles. The molecule has 1 saturated heterocycles. The zero-order valence-corrected chi connectivity index (χ0v) is 9.48. The summed E-state index contributed by atoms with van der Waals surface area (Å²) in [4.78, 5) is 0. The van der Waals surface area contributed by atoms with E-state index in [9.17, 15) is 0 Å². The van der Waals surface area contributed by atoms with Crippen LogP contribution < -0.4 is 5.32 Å². The lowest BCUT2D eigenvalue weighted by Gasteiger charge is -2.09. The quantitative estimate of drug-likeness (QED) is 0.787. The number of ether oxygens (including phenoxy) is 1. The summed E-state index contributed by atoms with van der Waals surface area (Å²) >= 11 is 0. The number of hydrogen-bond donors (Lipinski definition) is 2. The van der Waals surface area contributed by atoms with Crippen LogP contribution in [0.3, 0.4) is 0 Å². The summed E-state index contributed by atoms with van der Waals surface area (Å²) < 4.78 is 5.32. The van der Waals surface area contributed by atoms with E-state index in [2.05, 4.69) is 17.4 Å². The van der Waals surface area contributed by atoms with Crippen molar-refractivity contribution in [3.8, 4) is 0 Å². The summed E-state index contributed by atoms with van der Waals surface area (Å²) in [6, 6.07) is 8.05. The number of nitrogens with one attached hydrogen (secondary N) is 1. The van der Waals surface area contributed by atoms with Crippen LogP contribution in [0.1, 0.15) is 17.5 Å². The molecule has 3 heteroatoms. The highest BCUT2D eigenvalue weighted by atomic mass is 16.5. The lowest BCUT2D eigenvalue weighted by molar-refractivity contribution is 0.185. The van der Waals surface area contributed by atoms with Crippen molar-refractivity contribution in [3.63, 3.8) is 0 Å². The Morgan fingerprint density at radius 3 is 2.62 bits per heavy atom. The average Bonchev–Trinajstić information content (AvgIpc) is 2.83. The predicted molar refractivity (Wildman–Crippen MR) is 63.0 cm³/mol. The Bertz CT molecular complexity index is 304. The summed E-state index contributed by atoms with van der Waals surface area (Å²) in [5, 5.41) is 12.4. The Morgan fingerprint density at radius 1 is 1.25 bits per heavy atom. The number of benzene rings is 1. The van der Waals surface area contributed by atoms with Gasteiger partial charge in [-0.3, -0.25) is 0 Å². The van der Waals surface area contributed by atoms with E-state index >= 15 is 0 Å². The molecule has 88 valence electrons. The standard InChI is InChI=1S/C13H19NO2/c15-9-12-3-1-11(2-4-12)7-14-8-13-5-6-16-10-13/h1-4,13-15H,5-10H2. The van der Waals surface area contributed by atoms with Crippen molar-refractivity contribution in [2.24, 2.45) is 5.92 Å².